The van der Waals surface area contributed by atoms with Gasteiger partial charge in [0.2, 0.25) is 0 Å². The second-order valence-electron chi connectivity index (χ2n) is 5.59. The molecule has 1 aromatic heterocycles. The molecule has 2 N–H and O–H groups in total. The number of ether oxygens (including phenoxy) is 1. The number of nitrogens with one attached hydrogen (secondary N) is 2. The normalized spacial score (nSPS) is 11.8. The fraction of sp³-hybridized carbons (Fsp3) is 0.167. The summed E-state index contributed by atoms with van der Waals surface area (Å²) in [6.07, 6.45) is 0.758. The van der Waals surface area contributed by atoms with Gasteiger partial charge in [0, 0.05) is 11.3 Å². The van der Waals surface area contributed by atoms with Gasteiger partial charge >= 0.3 is 0 Å². The summed E-state index contributed by atoms with van der Waals surface area (Å²) in [4.78, 5) is 16.4. The lowest BCUT2D eigenvalue weighted by atomic mass is 10.2. The smallest absolute Gasteiger partial charge is 0.265 e. The van der Waals surface area contributed by atoms with E-state index in [1.165, 1.54) is 6.33 Å². The Morgan fingerprint density at radius 2 is 2.00 bits per heavy atom. The third-order valence-electron chi connectivity index (χ3n) is 3.60. The molecule has 0 fully saturated rings. The number of nitrogens with zero attached hydrogens (tertiary/aromatic N) is 2. The molecule has 7 heteroatoms. The summed E-state index contributed by atoms with van der Waals surface area (Å²) < 4.78 is 5.68. The Bertz CT molecular complexity index is 863. The van der Waals surface area contributed by atoms with E-state index in [-0.39, 0.29) is 5.91 Å². The van der Waals surface area contributed by atoms with Gasteiger partial charge < -0.3 is 10.1 Å². The van der Waals surface area contributed by atoms with Gasteiger partial charge in [0.15, 0.2) is 11.9 Å². The molecule has 1 atom stereocenters. The predicted molar refractivity (Wildman–Crippen MR) is 96.7 cm³/mol. The highest BCUT2D eigenvalue weighted by atomic mass is 35.5. The molecule has 2 aromatic carbocycles. The van der Waals surface area contributed by atoms with E-state index in [4.69, 9.17) is 16.3 Å². The zero-order valence-electron chi connectivity index (χ0n) is 13.8. The Kier molecular flexibility index (Phi) is 5.00. The number of carbonyl (C=O) groups is 1. The van der Waals surface area contributed by atoms with Gasteiger partial charge in [0.05, 0.1) is 5.02 Å². The van der Waals surface area contributed by atoms with Gasteiger partial charge in [-0.15, -0.1) is 0 Å². The van der Waals surface area contributed by atoms with Crippen molar-refractivity contribution in [3.63, 3.8) is 0 Å². The molecule has 0 unspecified atom stereocenters. The molecule has 1 heterocycles. The van der Waals surface area contributed by atoms with E-state index in [1.807, 2.05) is 25.1 Å². The molecule has 25 heavy (non-hydrogen) atoms. The third kappa shape index (κ3) is 4.16. The van der Waals surface area contributed by atoms with Crippen molar-refractivity contribution in [3.8, 4) is 17.1 Å². The first-order valence-electron chi connectivity index (χ1n) is 7.72. The van der Waals surface area contributed by atoms with Gasteiger partial charge in [-0.1, -0.05) is 17.7 Å². The molecule has 0 aliphatic rings. The lowest BCUT2D eigenvalue weighted by Gasteiger charge is -2.16. The lowest BCUT2D eigenvalue weighted by molar-refractivity contribution is -0.122. The number of hydrogen-bond acceptors (Lipinski definition) is 4. The zero-order valence-corrected chi connectivity index (χ0v) is 14.5. The lowest BCUT2D eigenvalue weighted by Crippen LogP contribution is -2.30. The van der Waals surface area contributed by atoms with Gasteiger partial charge in [-0.2, -0.15) is 5.10 Å². The van der Waals surface area contributed by atoms with Crippen LogP contribution in [0.1, 0.15) is 12.5 Å². The van der Waals surface area contributed by atoms with Crippen molar-refractivity contribution in [1.82, 2.24) is 15.2 Å². The number of benzene rings is 2. The average Bonchev–Trinajstić information content (AvgIpc) is 3.13. The first-order valence-corrected chi connectivity index (χ1v) is 8.10. The quantitative estimate of drug-likeness (QED) is 0.727. The van der Waals surface area contributed by atoms with Gasteiger partial charge in [-0.3, -0.25) is 9.89 Å². The third-order valence-corrected chi connectivity index (χ3v) is 3.91. The van der Waals surface area contributed by atoms with Gasteiger partial charge in [-0.25, -0.2) is 4.98 Å². The summed E-state index contributed by atoms with van der Waals surface area (Å²) in [5, 5.41) is 9.89. The number of aromatic nitrogens is 3. The van der Waals surface area contributed by atoms with Crippen molar-refractivity contribution in [3.05, 3.63) is 59.4 Å². The molecular formula is C18H17ClN4O2. The van der Waals surface area contributed by atoms with E-state index in [1.54, 1.807) is 31.2 Å². The van der Waals surface area contributed by atoms with Crippen LogP contribution in [0.5, 0.6) is 5.75 Å². The Labute approximate surface area is 150 Å². The van der Waals surface area contributed by atoms with E-state index < -0.39 is 6.10 Å². The highest BCUT2D eigenvalue weighted by molar-refractivity contribution is 6.32. The molecule has 0 aliphatic heterocycles. The maximum atomic E-state index is 12.3. The van der Waals surface area contributed by atoms with Crippen LogP contribution in [0.3, 0.4) is 0 Å². The number of amides is 1. The summed E-state index contributed by atoms with van der Waals surface area (Å²) in [5.41, 5.74) is 2.56. The summed E-state index contributed by atoms with van der Waals surface area (Å²) in [7, 11) is 0. The number of H-pyrrole nitrogens is 1. The minimum atomic E-state index is -0.687. The van der Waals surface area contributed by atoms with Gasteiger partial charge in [-0.05, 0) is 55.8 Å². The molecule has 3 aromatic rings. The summed E-state index contributed by atoms with van der Waals surface area (Å²) in [6, 6.07) is 12.7. The fourth-order valence-electron chi connectivity index (χ4n) is 2.24. The minimum Gasteiger partial charge on any atom is -0.479 e. The number of carbonyl (C=O) groups excluding carboxylic acids is 1. The Hall–Kier alpha value is -2.86. The van der Waals surface area contributed by atoms with Crippen molar-refractivity contribution in [2.24, 2.45) is 0 Å². The van der Waals surface area contributed by atoms with E-state index in [0.717, 1.165) is 11.1 Å². The number of hydrogen-bond donors (Lipinski definition) is 2. The highest BCUT2D eigenvalue weighted by Crippen LogP contribution is 2.26. The van der Waals surface area contributed by atoms with E-state index >= 15 is 0 Å². The van der Waals surface area contributed by atoms with Crippen LogP contribution in [0.2, 0.25) is 5.02 Å². The molecule has 0 saturated heterocycles. The van der Waals surface area contributed by atoms with Gasteiger partial charge in [0.25, 0.3) is 5.91 Å². The van der Waals surface area contributed by atoms with Crippen LogP contribution in [0.4, 0.5) is 5.69 Å². The zero-order chi connectivity index (χ0) is 17.8. The van der Waals surface area contributed by atoms with Crippen LogP contribution >= 0.6 is 11.6 Å². The maximum absolute atomic E-state index is 12.3. The fourth-order valence-corrected chi connectivity index (χ4v) is 2.41. The Morgan fingerprint density at radius 3 is 2.68 bits per heavy atom. The van der Waals surface area contributed by atoms with E-state index in [0.29, 0.717) is 22.3 Å². The molecule has 0 spiro atoms. The van der Waals surface area contributed by atoms with Crippen molar-refractivity contribution in [2.45, 2.75) is 20.0 Å². The predicted octanol–water partition coefficient (Wildman–Crippen LogP) is 3.84. The second-order valence-corrected chi connectivity index (χ2v) is 6.00. The molecule has 0 radical (unpaired) electrons. The van der Waals surface area contributed by atoms with Crippen LogP contribution in [-0.2, 0) is 4.79 Å². The van der Waals surface area contributed by atoms with E-state index in [9.17, 15) is 4.79 Å². The molecule has 0 aliphatic carbocycles. The van der Waals surface area contributed by atoms with Crippen LogP contribution in [0.15, 0.2) is 48.8 Å². The minimum absolute atomic E-state index is 0.259. The van der Waals surface area contributed by atoms with Gasteiger partial charge in [0.1, 0.15) is 12.1 Å². The van der Waals surface area contributed by atoms with Crippen molar-refractivity contribution in [1.29, 1.82) is 0 Å². The molecular weight excluding hydrogens is 340 g/mol. The Balaban J connectivity index is 1.64. The monoisotopic (exact) mass is 356 g/mol. The van der Waals surface area contributed by atoms with Crippen molar-refractivity contribution >= 4 is 23.2 Å². The van der Waals surface area contributed by atoms with E-state index in [2.05, 4.69) is 20.5 Å². The van der Waals surface area contributed by atoms with Crippen LogP contribution in [0.25, 0.3) is 11.4 Å². The first kappa shape index (κ1) is 17.0. The maximum Gasteiger partial charge on any atom is 0.265 e. The second kappa shape index (κ2) is 7.36. The molecule has 6 nitrogen and oxygen atoms in total. The van der Waals surface area contributed by atoms with Crippen molar-refractivity contribution < 1.29 is 9.53 Å². The summed E-state index contributed by atoms with van der Waals surface area (Å²) >= 11 is 6.10. The topological polar surface area (TPSA) is 79.9 Å². The average molecular weight is 357 g/mol. The van der Waals surface area contributed by atoms with Crippen LogP contribution in [-0.4, -0.2) is 27.2 Å². The number of aryl methyl sites for hydroxylation is 1. The molecule has 128 valence electrons. The molecule has 3 rings (SSSR count). The number of rotatable bonds is 5. The summed E-state index contributed by atoms with van der Waals surface area (Å²) in [6.45, 7) is 3.61. The number of halogens is 1. The van der Waals surface area contributed by atoms with Crippen LogP contribution in [0, 0.1) is 6.92 Å². The largest absolute Gasteiger partial charge is 0.479 e. The van der Waals surface area contributed by atoms with Crippen molar-refractivity contribution in [2.75, 3.05) is 5.32 Å². The molecule has 0 bridgehead atoms. The SMILES string of the molecule is Cc1ccc(Cl)c(O[C@@H](C)C(=O)Nc2ccc(-c3ncn[nH]3)cc2)c1. The highest BCUT2D eigenvalue weighted by Gasteiger charge is 2.16. The molecule has 0 saturated carbocycles. The number of aromatic amines is 1. The van der Waals surface area contributed by atoms with Crippen LogP contribution < -0.4 is 10.1 Å². The first-order chi connectivity index (χ1) is 12.0. The Morgan fingerprint density at radius 1 is 1.24 bits per heavy atom. The number of anilines is 1. The summed E-state index contributed by atoms with van der Waals surface area (Å²) in [5.74, 6) is 0.902. The molecule has 1 amide bonds. The standard InChI is InChI=1S/C18H17ClN4O2/c1-11-3-8-15(19)16(9-11)25-12(2)18(24)22-14-6-4-13(5-7-14)17-20-10-21-23-17/h3-10,12H,1-2H3,(H,22,24)(H,20,21,23)/t12-/m0/s1.